The van der Waals surface area contributed by atoms with Crippen molar-refractivity contribution in [1.82, 2.24) is 0 Å². The second kappa shape index (κ2) is 21.0. The van der Waals surface area contributed by atoms with E-state index >= 15 is 0 Å². The fourth-order valence-corrected chi connectivity index (χ4v) is 2.14. The largest absolute Gasteiger partial charge is 0.465 e. The molecule has 0 aliphatic rings. The van der Waals surface area contributed by atoms with Crippen LogP contribution in [0.1, 0.15) is 77.6 Å². The van der Waals surface area contributed by atoms with Gasteiger partial charge >= 0.3 is 5.97 Å². The van der Waals surface area contributed by atoms with Crippen LogP contribution in [0, 0.1) is 0 Å². The lowest BCUT2D eigenvalue weighted by Crippen LogP contribution is -2.32. The Kier molecular flexibility index (Phi) is 25.6. The van der Waals surface area contributed by atoms with E-state index < -0.39 is 6.04 Å². The van der Waals surface area contributed by atoms with E-state index in [2.05, 4.69) is 6.92 Å². The van der Waals surface area contributed by atoms with Gasteiger partial charge in [-0.1, -0.05) is 58.3 Å². The fourth-order valence-electron chi connectivity index (χ4n) is 2.14. The molecule has 0 aromatic rings. The van der Waals surface area contributed by atoms with Gasteiger partial charge in [0.1, 0.15) is 6.04 Å². The summed E-state index contributed by atoms with van der Waals surface area (Å²) >= 11 is 0. The minimum atomic E-state index is -0.476. The van der Waals surface area contributed by atoms with Crippen LogP contribution in [0.25, 0.3) is 0 Å². The third-order valence-corrected chi connectivity index (χ3v) is 3.51. The monoisotopic (exact) mass is 358 g/mol. The van der Waals surface area contributed by atoms with Gasteiger partial charge in [0.15, 0.2) is 0 Å². The van der Waals surface area contributed by atoms with Crippen molar-refractivity contribution in [2.75, 3.05) is 13.2 Å². The summed E-state index contributed by atoms with van der Waals surface area (Å²) in [7, 11) is 0. The van der Waals surface area contributed by atoms with Gasteiger partial charge in [0.2, 0.25) is 0 Å². The topological polar surface area (TPSA) is 78.3 Å². The number of esters is 1. The van der Waals surface area contributed by atoms with Gasteiger partial charge in [-0.3, -0.25) is 4.79 Å². The molecule has 0 fully saturated rings. The molecule has 6 heteroatoms. The Morgan fingerprint density at radius 2 is 1.45 bits per heavy atom. The quantitative estimate of drug-likeness (QED) is 0.363. The number of ether oxygens (including phenoxy) is 1. The zero-order chi connectivity index (χ0) is 15.1. The molecule has 22 heavy (non-hydrogen) atoms. The van der Waals surface area contributed by atoms with E-state index in [4.69, 9.17) is 16.2 Å². The number of carbonyl (C=O) groups is 1. The first kappa shape index (κ1) is 26.8. The van der Waals surface area contributed by atoms with Gasteiger partial charge in [0.25, 0.3) is 0 Å². The first-order chi connectivity index (χ1) is 9.72. The number of hydrogen-bond donors (Lipinski definition) is 2. The van der Waals surface area contributed by atoms with Crippen LogP contribution in [-0.2, 0) is 9.53 Å². The van der Waals surface area contributed by atoms with Crippen LogP contribution in [0.5, 0.6) is 0 Å². The van der Waals surface area contributed by atoms with Gasteiger partial charge in [-0.2, -0.15) is 0 Å². The van der Waals surface area contributed by atoms with Crippen molar-refractivity contribution < 1.29 is 9.53 Å². The molecule has 0 radical (unpaired) electrons. The van der Waals surface area contributed by atoms with Crippen molar-refractivity contribution >= 4 is 30.8 Å². The number of halogens is 2. The number of hydrogen-bond acceptors (Lipinski definition) is 4. The molecule has 0 bridgehead atoms. The maximum absolute atomic E-state index is 11.6. The number of nitrogens with two attached hydrogens (primary N) is 2. The molecule has 0 amide bonds. The molecule has 4 N–H and O–H groups in total. The minimum absolute atomic E-state index is 0. The van der Waals surface area contributed by atoms with E-state index in [0.29, 0.717) is 19.6 Å². The molecule has 136 valence electrons. The number of carbonyl (C=O) groups excluding carboxylic acids is 1. The van der Waals surface area contributed by atoms with Crippen LogP contribution in [0.15, 0.2) is 0 Å². The Bertz CT molecular complexity index is 232. The van der Waals surface area contributed by atoms with Crippen LogP contribution in [0.2, 0.25) is 0 Å². The van der Waals surface area contributed by atoms with Crippen molar-refractivity contribution in [3.8, 4) is 0 Å². The van der Waals surface area contributed by atoms with E-state index in [0.717, 1.165) is 25.7 Å². The van der Waals surface area contributed by atoms with Gasteiger partial charge < -0.3 is 16.2 Å². The lowest BCUT2D eigenvalue weighted by molar-refractivity contribution is -0.145. The van der Waals surface area contributed by atoms with Gasteiger partial charge in [-0.25, -0.2) is 0 Å². The average molecular weight is 359 g/mol. The molecule has 4 nitrogen and oxygen atoms in total. The van der Waals surface area contributed by atoms with Gasteiger partial charge in [-0.05, 0) is 25.8 Å². The molecule has 0 unspecified atom stereocenters. The maximum atomic E-state index is 11.6. The first-order valence-electron chi connectivity index (χ1n) is 8.34. The molecular weight excluding hydrogens is 323 g/mol. The highest BCUT2D eigenvalue weighted by Gasteiger charge is 2.13. The summed E-state index contributed by atoms with van der Waals surface area (Å²) in [4.78, 5) is 11.6. The van der Waals surface area contributed by atoms with Crippen molar-refractivity contribution in [3.63, 3.8) is 0 Å². The Morgan fingerprint density at radius 3 is 2.00 bits per heavy atom. The van der Waals surface area contributed by atoms with Crippen LogP contribution in [0.4, 0.5) is 0 Å². The number of rotatable bonds is 14. The summed E-state index contributed by atoms with van der Waals surface area (Å²) in [5.74, 6) is -0.259. The third-order valence-electron chi connectivity index (χ3n) is 3.51. The zero-order valence-corrected chi connectivity index (χ0v) is 15.7. The van der Waals surface area contributed by atoms with E-state index in [1.807, 2.05) is 0 Å². The molecule has 0 aliphatic heterocycles. The van der Waals surface area contributed by atoms with E-state index in [9.17, 15) is 4.79 Å². The Hall–Kier alpha value is -0.0300. The Balaban J connectivity index is -0.00000180. The lowest BCUT2D eigenvalue weighted by Gasteiger charge is -2.11. The summed E-state index contributed by atoms with van der Waals surface area (Å²) in [6.07, 6.45) is 12.4. The zero-order valence-electron chi connectivity index (χ0n) is 14.1. The Morgan fingerprint density at radius 1 is 0.909 bits per heavy atom. The predicted octanol–water partition coefficient (Wildman–Crippen LogP) is 3.97. The highest BCUT2D eigenvalue weighted by atomic mass is 35.5. The summed E-state index contributed by atoms with van der Waals surface area (Å²) in [6.45, 7) is 3.40. The molecular formula is C16H36Cl2N2O2. The van der Waals surface area contributed by atoms with Crippen molar-refractivity contribution in [2.24, 2.45) is 11.5 Å². The van der Waals surface area contributed by atoms with Gasteiger partial charge in [-0.15, -0.1) is 24.8 Å². The fraction of sp³-hybridized carbons (Fsp3) is 0.938. The SMILES string of the molecule is CCCCCCCCCCOC(=O)[C@@H](N)CCCCN.Cl.Cl. The predicted molar refractivity (Wildman–Crippen MR) is 98.9 cm³/mol. The Labute approximate surface area is 148 Å². The van der Waals surface area contributed by atoms with Crippen molar-refractivity contribution in [3.05, 3.63) is 0 Å². The maximum Gasteiger partial charge on any atom is 0.322 e. The summed E-state index contributed by atoms with van der Waals surface area (Å²) < 4.78 is 5.18. The van der Waals surface area contributed by atoms with Crippen molar-refractivity contribution in [2.45, 2.75) is 83.6 Å². The summed E-state index contributed by atoms with van der Waals surface area (Å²) in [5.41, 5.74) is 11.2. The van der Waals surface area contributed by atoms with Gasteiger partial charge in [0.05, 0.1) is 6.61 Å². The van der Waals surface area contributed by atoms with Crippen LogP contribution < -0.4 is 11.5 Å². The molecule has 0 rings (SSSR count). The summed E-state index contributed by atoms with van der Waals surface area (Å²) in [6, 6.07) is -0.476. The van der Waals surface area contributed by atoms with Crippen LogP contribution >= 0.6 is 24.8 Å². The lowest BCUT2D eigenvalue weighted by atomic mass is 10.1. The van der Waals surface area contributed by atoms with Crippen LogP contribution in [-0.4, -0.2) is 25.2 Å². The smallest absolute Gasteiger partial charge is 0.322 e. The minimum Gasteiger partial charge on any atom is -0.465 e. The molecule has 0 heterocycles. The summed E-state index contributed by atoms with van der Waals surface area (Å²) in [5, 5.41) is 0. The molecule has 0 saturated carbocycles. The first-order valence-corrected chi connectivity index (χ1v) is 8.34. The van der Waals surface area contributed by atoms with Crippen molar-refractivity contribution in [1.29, 1.82) is 0 Å². The molecule has 0 spiro atoms. The highest BCUT2D eigenvalue weighted by Crippen LogP contribution is 2.08. The van der Waals surface area contributed by atoms with Gasteiger partial charge in [0, 0.05) is 0 Å². The normalized spacial score (nSPS) is 11.2. The molecule has 0 aromatic carbocycles. The van der Waals surface area contributed by atoms with E-state index in [1.165, 1.54) is 38.5 Å². The molecule has 1 atom stereocenters. The van der Waals surface area contributed by atoms with E-state index in [1.54, 1.807) is 0 Å². The highest BCUT2D eigenvalue weighted by molar-refractivity contribution is 5.85. The second-order valence-electron chi connectivity index (χ2n) is 5.53. The standard InChI is InChI=1S/C16H34N2O2.2ClH/c1-2-3-4-5-6-7-8-11-14-20-16(19)15(18)12-9-10-13-17;;/h15H,2-14,17-18H2,1H3;2*1H/t15-;;/m0../s1. The van der Waals surface area contributed by atoms with Crippen LogP contribution in [0.3, 0.4) is 0 Å². The average Bonchev–Trinajstić information content (AvgIpc) is 2.45. The third kappa shape index (κ3) is 18.0. The number of unbranched alkanes of at least 4 members (excludes halogenated alkanes) is 8. The molecule has 0 aromatic heterocycles. The molecule has 0 saturated heterocycles. The second-order valence-corrected chi connectivity index (χ2v) is 5.53. The van der Waals surface area contributed by atoms with E-state index in [-0.39, 0.29) is 30.8 Å². The molecule has 0 aliphatic carbocycles.